The van der Waals surface area contributed by atoms with Crippen molar-refractivity contribution >= 4 is 16.9 Å². The molecular formula is C28H31N5O4. The first-order chi connectivity index (χ1) is 18.1. The largest absolute Gasteiger partial charge is 0.396 e. The minimum Gasteiger partial charge on any atom is -0.396 e. The normalized spacial score (nSPS) is 11.6. The molecule has 5 aromatic rings. The van der Waals surface area contributed by atoms with E-state index in [1.165, 1.54) is 10.1 Å². The smallest absolute Gasteiger partial charge is 0.330 e. The molecule has 0 saturated carbocycles. The minimum absolute atomic E-state index is 0.0993. The van der Waals surface area contributed by atoms with Crippen LogP contribution in [-0.4, -0.2) is 46.9 Å². The summed E-state index contributed by atoms with van der Waals surface area (Å²) < 4.78 is 5.31. The van der Waals surface area contributed by atoms with Crippen molar-refractivity contribution in [3.05, 3.63) is 92.8 Å². The minimum atomic E-state index is -0.494. The summed E-state index contributed by atoms with van der Waals surface area (Å²) >= 11 is 0. The fraction of sp³-hybridized carbons (Fsp3) is 0.321. The average molecular weight is 502 g/mol. The number of rotatable bonds is 11. The third-order valence-corrected chi connectivity index (χ3v) is 6.69. The van der Waals surface area contributed by atoms with Crippen LogP contribution in [0.5, 0.6) is 0 Å². The van der Waals surface area contributed by atoms with E-state index in [1.54, 1.807) is 4.40 Å². The van der Waals surface area contributed by atoms with E-state index < -0.39 is 11.2 Å². The van der Waals surface area contributed by atoms with E-state index in [4.69, 9.17) is 10.1 Å². The van der Waals surface area contributed by atoms with Gasteiger partial charge in [-0.25, -0.2) is 4.79 Å². The number of aromatic amines is 1. The SMILES string of the molecule is O=c1[nH]c(=O)n(Cc2ccccc2)c2nc3n(CCCCO)c(-c4ccc(CCCCO)cc4)cn3c12. The number of benzene rings is 2. The zero-order valence-electron chi connectivity index (χ0n) is 20.6. The molecular weight excluding hydrogens is 470 g/mol. The number of fused-ring (bicyclic) bond motifs is 3. The van der Waals surface area contributed by atoms with Gasteiger partial charge in [-0.2, -0.15) is 4.98 Å². The topological polar surface area (TPSA) is 118 Å². The quantitative estimate of drug-likeness (QED) is 0.241. The molecule has 192 valence electrons. The number of hydrogen-bond donors (Lipinski definition) is 3. The molecule has 3 N–H and O–H groups in total. The highest BCUT2D eigenvalue weighted by Gasteiger charge is 2.20. The predicted molar refractivity (Wildman–Crippen MR) is 143 cm³/mol. The second-order valence-corrected chi connectivity index (χ2v) is 9.26. The Morgan fingerprint density at radius 1 is 0.811 bits per heavy atom. The number of aryl methyl sites for hydroxylation is 2. The van der Waals surface area contributed by atoms with Crippen molar-refractivity contribution in [1.82, 2.24) is 23.5 Å². The summed E-state index contributed by atoms with van der Waals surface area (Å²) in [7, 11) is 0. The Balaban J connectivity index is 1.62. The fourth-order valence-electron chi connectivity index (χ4n) is 4.77. The number of unbranched alkanes of at least 4 members (excludes halogenated alkanes) is 2. The monoisotopic (exact) mass is 501 g/mol. The summed E-state index contributed by atoms with van der Waals surface area (Å²) in [6, 6.07) is 17.9. The van der Waals surface area contributed by atoms with Crippen molar-refractivity contribution in [2.45, 2.75) is 45.2 Å². The second-order valence-electron chi connectivity index (χ2n) is 9.26. The summed E-state index contributed by atoms with van der Waals surface area (Å²) in [5.74, 6) is 0.577. The lowest BCUT2D eigenvalue weighted by molar-refractivity contribution is 0.281. The molecule has 2 aromatic carbocycles. The van der Waals surface area contributed by atoms with Gasteiger partial charge in [0, 0.05) is 26.0 Å². The summed E-state index contributed by atoms with van der Waals surface area (Å²) in [6.45, 7) is 1.20. The Hall–Kier alpha value is -3.95. The van der Waals surface area contributed by atoms with Crippen LogP contribution in [0.25, 0.3) is 28.2 Å². The number of nitrogens with zero attached hydrogens (tertiary/aromatic N) is 4. The molecule has 0 unspecified atom stereocenters. The van der Waals surface area contributed by atoms with Gasteiger partial charge < -0.3 is 14.8 Å². The first-order valence-corrected chi connectivity index (χ1v) is 12.7. The van der Waals surface area contributed by atoms with Crippen LogP contribution in [0.15, 0.2) is 70.4 Å². The van der Waals surface area contributed by atoms with Gasteiger partial charge in [-0.05, 0) is 48.8 Å². The van der Waals surface area contributed by atoms with E-state index in [2.05, 4.69) is 29.2 Å². The van der Waals surface area contributed by atoms with Gasteiger partial charge in [0.25, 0.3) is 5.56 Å². The van der Waals surface area contributed by atoms with Crippen LogP contribution in [0.2, 0.25) is 0 Å². The van der Waals surface area contributed by atoms with Gasteiger partial charge in [-0.15, -0.1) is 0 Å². The standard InChI is InChI=1S/C28H31N5O4/c34-16-6-4-8-20-11-13-22(14-12-20)23-19-32-24-25(29-27(32)31(23)15-5-7-17-35)33(28(37)30-26(24)36)18-21-9-2-1-3-10-21/h1-3,9-14,19,34-35H,4-8,15-18H2,(H,30,36,37). The predicted octanol–water partition coefficient (Wildman–Crippen LogP) is 2.94. The molecule has 3 aromatic heterocycles. The molecule has 9 heteroatoms. The first-order valence-electron chi connectivity index (χ1n) is 12.7. The molecule has 0 atom stereocenters. The van der Waals surface area contributed by atoms with Gasteiger partial charge in [0.2, 0.25) is 5.78 Å². The van der Waals surface area contributed by atoms with Gasteiger partial charge in [-0.1, -0.05) is 54.6 Å². The molecule has 0 aliphatic carbocycles. The van der Waals surface area contributed by atoms with Crippen LogP contribution >= 0.6 is 0 Å². The molecule has 3 heterocycles. The number of nitrogens with one attached hydrogen (secondary N) is 1. The second kappa shape index (κ2) is 11.0. The molecule has 0 amide bonds. The number of aliphatic hydroxyl groups excluding tert-OH is 2. The number of aromatic nitrogens is 5. The highest BCUT2D eigenvalue weighted by atomic mass is 16.3. The lowest BCUT2D eigenvalue weighted by Crippen LogP contribution is -2.31. The Labute approximate surface area is 213 Å². The van der Waals surface area contributed by atoms with Crippen molar-refractivity contribution in [3.63, 3.8) is 0 Å². The van der Waals surface area contributed by atoms with Gasteiger partial charge in [-0.3, -0.25) is 18.7 Å². The van der Waals surface area contributed by atoms with E-state index in [1.807, 2.05) is 41.1 Å². The van der Waals surface area contributed by atoms with E-state index in [-0.39, 0.29) is 13.2 Å². The van der Waals surface area contributed by atoms with Gasteiger partial charge in [0.15, 0.2) is 11.2 Å². The summed E-state index contributed by atoms with van der Waals surface area (Å²) in [4.78, 5) is 33.0. The maximum absolute atomic E-state index is 13.0. The fourth-order valence-corrected chi connectivity index (χ4v) is 4.77. The Morgan fingerprint density at radius 2 is 1.54 bits per heavy atom. The Bertz CT molecular complexity index is 1610. The van der Waals surface area contributed by atoms with Crippen molar-refractivity contribution in [3.8, 4) is 11.3 Å². The van der Waals surface area contributed by atoms with E-state index >= 15 is 0 Å². The molecule has 0 aliphatic rings. The van der Waals surface area contributed by atoms with Crippen LogP contribution in [0.4, 0.5) is 0 Å². The lowest BCUT2D eigenvalue weighted by atomic mass is 10.0. The van der Waals surface area contributed by atoms with Crippen molar-refractivity contribution < 1.29 is 10.2 Å². The number of H-pyrrole nitrogens is 1. The number of imidazole rings is 2. The Kier molecular flexibility index (Phi) is 7.34. The van der Waals surface area contributed by atoms with Crippen LogP contribution in [0.1, 0.15) is 36.8 Å². The zero-order valence-corrected chi connectivity index (χ0v) is 20.6. The molecule has 0 radical (unpaired) electrons. The molecule has 0 aliphatic heterocycles. The molecule has 0 saturated heterocycles. The maximum Gasteiger partial charge on any atom is 0.330 e. The van der Waals surface area contributed by atoms with Crippen molar-refractivity contribution in [1.29, 1.82) is 0 Å². The average Bonchev–Trinajstić information content (AvgIpc) is 3.45. The van der Waals surface area contributed by atoms with Crippen LogP contribution in [0, 0.1) is 0 Å². The van der Waals surface area contributed by atoms with E-state index in [0.717, 1.165) is 42.5 Å². The van der Waals surface area contributed by atoms with Crippen molar-refractivity contribution in [2.24, 2.45) is 0 Å². The van der Waals surface area contributed by atoms with Crippen molar-refractivity contribution in [2.75, 3.05) is 13.2 Å². The van der Waals surface area contributed by atoms with Gasteiger partial charge >= 0.3 is 5.69 Å². The van der Waals surface area contributed by atoms with Crippen LogP contribution < -0.4 is 11.2 Å². The third kappa shape index (κ3) is 5.00. The molecule has 0 fully saturated rings. The van der Waals surface area contributed by atoms with Crippen LogP contribution in [0.3, 0.4) is 0 Å². The van der Waals surface area contributed by atoms with Gasteiger partial charge in [0.1, 0.15) is 0 Å². The molecule has 0 spiro atoms. The van der Waals surface area contributed by atoms with Crippen LogP contribution in [-0.2, 0) is 19.5 Å². The van der Waals surface area contributed by atoms with E-state index in [0.29, 0.717) is 36.5 Å². The first kappa shape index (κ1) is 24.7. The highest BCUT2D eigenvalue weighted by molar-refractivity contribution is 5.78. The maximum atomic E-state index is 13.0. The summed E-state index contributed by atoms with van der Waals surface area (Å²) in [6.07, 6.45) is 5.90. The van der Waals surface area contributed by atoms with E-state index in [9.17, 15) is 14.7 Å². The molecule has 0 bridgehead atoms. The summed E-state index contributed by atoms with van der Waals surface area (Å²) in [5, 5.41) is 18.4. The highest BCUT2D eigenvalue weighted by Crippen LogP contribution is 2.27. The molecule has 37 heavy (non-hydrogen) atoms. The zero-order chi connectivity index (χ0) is 25.8. The molecule has 9 nitrogen and oxygen atoms in total. The third-order valence-electron chi connectivity index (χ3n) is 6.69. The number of hydrogen-bond acceptors (Lipinski definition) is 5. The molecule has 5 rings (SSSR count). The summed E-state index contributed by atoms with van der Waals surface area (Å²) in [5.41, 5.74) is 3.73. The lowest BCUT2D eigenvalue weighted by Gasteiger charge is -2.10. The number of aliphatic hydroxyl groups is 2. The Morgan fingerprint density at radius 3 is 2.27 bits per heavy atom. The van der Waals surface area contributed by atoms with Gasteiger partial charge in [0.05, 0.1) is 12.2 Å².